The first-order valence-electron chi connectivity index (χ1n) is 8.56. The maximum Gasteiger partial charge on any atom is 0.127 e. The molecular formula is C21H25NO. The third-order valence-electron chi connectivity index (χ3n) is 4.56. The van der Waals surface area contributed by atoms with Gasteiger partial charge in [-0.2, -0.15) is 0 Å². The maximum atomic E-state index is 6.02. The van der Waals surface area contributed by atoms with Crippen LogP contribution in [0, 0.1) is 0 Å². The molecule has 0 saturated heterocycles. The van der Waals surface area contributed by atoms with Gasteiger partial charge in [-0.1, -0.05) is 62.4 Å². The summed E-state index contributed by atoms with van der Waals surface area (Å²) in [6, 6.07) is 17.0. The van der Waals surface area contributed by atoms with Crippen molar-refractivity contribution in [2.24, 2.45) is 0 Å². The lowest BCUT2D eigenvalue weighted by atomic mass is 9.93. The van der Waals surface area contributed by atoms with Crippen LogP contribution in [0.15, 0.2) is 54.6 Å². The van der Waals surface area contributed by atoms with E-state index in [1.807, 2.05) is 6.07 Å². The van der Waals surface area contributed by atoms with E-state index in [0.717, 1.165) is 31.8 Å². The van der Waals surface area contributed by atoms with Crippen LogP contribution in [0.4, 0.5) is 0 Å². The van der Waals surface area contributed by atoms with E-state index in [4.69, 9.17) is 4.74 Å². The van der Waals surface area contributed by atoms with Gasteiger partial charge in [-0.25, -0.2) is 0 Å². The molecule has 0 saturated carbocycles. The van der Waals surface area contributed by atoms with Gasteiger partial charge in [0.15, 0.2) is 0 Å². The van der Waals surface area contributed by atoms with Gasteiger partial charge in [0.2, 0.25) is 0 Å². The van der Waals surface area contributed by atoms with Crippen molar-refractivity contribution in [1.29, 1.82) is 0 Å². The minimum Gasteiger partial charge on any atom is -0.488 e. The summed E-state index contributed by atoms with van der Waals surface area (Å²) in [5.41, 5.74) is 5.08. The van der Waals surface area contributed by atoms with Crippen LogP contribution in [0.5, 0.6) is 5.75 Å². The summed E-state index contributed by atoms with van der Waals surface area (Å²) in [6.45, 7) is 8.40. The molecule has 0 N–H and O–H groups in total. The smallest absolute Gasteiger partial charge is 0.127 e. The molecule has 0 amide bonds. The molecule has 0 fully saturated rings. The summed E-state index contributed by atoms with van der Waals surface area (Å²) >= 11 is 0. The molecular weight excluding hydrogens is 282 g/mol. The van der Waals surface area contributed by atoms with E-state index in [1.165, 1.54) is 22.3 Å². The first kappa shape index (κ1) is 15.8. The van der Waals surface area contributed by atoms with E-state index < -0.39 is 0 Å². The molecule has 0 radical (unpaired) electrons. The highest BCUT2D eigenvalue weighted by Crippen LogP contribution is 2.36. The highest BCUT2D eigenvalue weighted by atomic mass is 16.5. The van der Waals surface area contributed by atoms with Crippen LogP contribution in [0.3, 0.4) is 0 Å². The number of para-hydroxylation sites is 1. The van der Waals surface area contributed by atoms with E-state index in [-0.39, 0.29) is 0 Å². The Balaban J connectivity index is 1.96. The van der Waals surface area contributed by atoms with E-state index in [1.54, 1.807) is 0 Å². The number of fused-ring (bicyclic) bond motifs is 2. The summed E-state index contributed by atoms with van der Waals surface area (Å²) in [6.07, 6.45) is 3.43. The van der Waals surface area contributed by atoms with E-state index in [2.05, 4.69) is 67.3 Å². The lowest BCUT2D eigenvalue weighted by molar-refractivity contribution is 0.307. The summed E-state index contributed by atoms with van der Waals surface area (Å²) in [4.78, 5) is 2.46. The number of benzene rings is 2. The van der Waals surface area contributed by atoms with Crippen molar-refractivity contribution in [3.8, 4) is 5.75 Å². The summed E-state index contributed by atoms with van der Waals surface area (Å²) in [7, 11) is 0. The molecule has 2 aromatic carbocycles. The van der Waals surface area contributed by atoms with Gasteiger partial charge in [-0.05, 0) is 42.3 Å². The summed E-state index contributed by atoms with van der Waals surface area (Å²) < 4.78 is 6.02. The second-order valence-electron chi connectivity index (χ2n) is 5.88. The minimum atomic E-state index is 0.639. The van der Waals surface area contributed by atoms with Crippen LogP contribution < -0.4 is 4.74 Å². The standard InChI is InChI=1S/C21H25NO/c1-3-22(4-2)15-9-13-19-18-11-6-5-10-17(18)16-23-21-14-8-7-12-20(19)21/h5-8,10-14H,3-4,9,15-16H2,1-2H3. The number of rotatable bonds is 5. The van der Waals surface area contributed by atoms with Crippen molar-refractivity contribution in [3.63, 3.8) is 0 Å². The highest BCUT2D eigenvalue weighted by Gasteiger charge is 2.18. The molecule has 1 aliphatic rings. The Morgan fingerprint density at radius 1 is 0.957 bits per heavy atom. The fourth-order valence-electron chi connectivity index (χ4n) is 3.18. The molecule has 0 unspecified atom stereocenters. The average Bonchev–Trinajstić information content (AvgIpc) is 2.76. The SMILES string of the molecule is CCN(CC)CCC=C1c2ccccc2COc2ccccc21. The van der Waals surface area contributed by atoms with E-state index in [0.29, 0.717) is 6.61 Å². The maximum absolute atomic E-state index is 6.02. The fraction of sp³-hybridized carbons (Fsp3) is 0.333. The Kier molecular flexibility index (Phi) is 5.14. The molecule has 23 heavy (non-hydrogen) atoms. The van der Waals surface area contributed by atoms with Crippen LogP contribution in [0.2, 0.25) is 0 Å². The van der Waals surface area contributed by atoms with Crippen LogP contribution in [-0.4, -0.2) is 24.5 Å². The quantitative estimate of drug-likeness (QED) is 0.791. The second-order valence-corrected chi connectivity index (χ2v) is 5.88. The van der Waals surface area contributed by atoms with Gasteiger partial charge in [0.05, 0.1) is 0 Å². The van der Waals surface area contributed by atoms with Crippen molar-refractivity contribution < 1.29 is 4.74 Å². The van der Waals surface area contributed by atoms with E-state index >= 15 is 0 Å². The van der Waals surface area contributed by atoms with Gasteiger partial charge >= 0.3 is 0 Å². The molecule has 0 aromatic heterocycles. The lowest BCUT2D eigenvalue weighted by Crippen LogP contribution is -2.23. The normalized spacial score (nSPS) is 15.0. The fourth-order valence-corrected chi connectivity index (χ4v) is 3.18. The molecule has 2 nitrogen and oxygen atoms in total. The summed E-state index contributed by atoms with van der Waals surface area (Å²) in [5, 5.41) is 0. The first-order valence-corrected chi connectivity index (χ1v) is 8.56. The highest BCUT2D eigenvalue weighted by molar-refractivity contribution is 5.84. The molecule has 1 heterocycles. The third kappa shape index (κ3) is 3.48. The topological polar surface area (TPSA) is 12.5 Å². The monoisotopic (exact) mass is 307 g/mol. The van der Waals surface area contributed by atoms with Gasteiger partial charge in [0, 0.05) is 12.1 Å². The van der Waals surface area contributed by atoms with Crippen LogP contribution in [0.25, 0.3) is 5.57 Å². The zero-order valence-electron chi connectivity index (χ0n) is 14.1. The van der Waals surface area contributed by atoms with Gasteiger partial charge in [0.1, 0.15) is 12.4 Å². The van der Waals surface area contributed by atoms with Crippen molar-refractivity contribution in [2.45, 2.75) is 26.9 Å². The Bertz CT molecular complexity index is 636. The van der Waals surface area contributed by atoms with Gasteiger partial charge < -0.3 is 9.64 Å². The predicted molar refractivity (Wildman–Crippen MR) is 96.7 cm³/mol. The Morgan fingerprint density at radius 3 is 2.43 bits per heavy atom. The van der Waals surface area contributed by atoms with Crippen molar-refractivity contribution in [2.75, 3.05) is 19.6 Å². The van der Waals surface area contributed by atoms with Gasteiger partial charge in [-0.15, -0.1) is 0 Å². The summed E-state index contributed by atoms with van der Waals surface area (Å²) in [5.74, 6) is 0.984. The van der Waals surface area contributed by atoms with Gasteiger partial charge in [-0.3, -0.25) is 0 Å². The molecule has 0 bridgehead atoms. The molecule has 3 rings (SSSR count). The number of nitrogens with zero attached hydrogens (tertiary/aromatic N) is 1. The predicted octanol–water partition coefficient (Wildman–Crippen LogP) is 4.74. The van der Waals surface area contributed by atoms with E-state index in [9.17, 15) is 0 Å². The second kappa shape index (κ2) is 7.47. The molecule has 0 atom stereocenters. The molecule has 2 heteroatoms. The minimum absolute atomic E-state index is 0.639. The van der Waals surface area contributed by atoms with Crippen molar-refractivity contribution >= 4 is 5.57 Å². The van der Waals surface area contributed by atoms with Gasteiger partial charge in [0.25, 0.3) is 0 Å². The number of ether oxygens (including phenoxy) is 1. The largest absolute Gasteiger partial charge is 0.488 e. The first-order chi connectivity index (χ1) is 11.3. The average molecular weight is 307 g/mol. The Labute approximate surface area is 139 Å². The number of hydrogen-bond acceptors (Lipinski definition) is 2. The molecule has 0 spiro atoms. The lowest BCUT2D eigenvalue weighted by Gasteiger charge is -2.17. The Hall–Kier alpha value is -2.06. The molecule has 120 valence electrons. The molecule has 1 aliphatic heterocycles. The van der Waals surface area contributed by atoms with Crippen LogP contribution >= 0.6 is 0 Å². The Morgan fingerprint density at radius 2 is 1.65 bits per heavy atom. The van der Waals surface area contributed by atoms with Crippen LogP contribution in [-0.2, 0) is 6.61 Å². The third-order valence-corrected chi connectivity index (χ3v) is 4.56. The number of hydrogen-bond donors (Lipinski definition) is 0. The van der Waals surface area contributed by atoms with Crippen molar-refractivity contribution in [1.82, 2.24) is 4.90 Å². The zero-order chi connectivity index (χ0) is 16.1. The zero-order valence-corrected chi connectivity index (χ0v) is 14.1. The molecule has 0 aliphatic carbocycles. The molecule has 2 aromatic rings. The van der Waals surface area contributed by atoms with Crippen LogP contribution in [0.1, 0.15) is 37.0 Å². The van der Waals surface area contributed by atoms with Crippen molar-refractivity contribution in [3.05, 3.63) is 71.3 Å².